The minimum Gasteiger partial charge on any atom is -0.356 e. The molecule has 0 spiro atoms. The van der Waals surface area contributed by atoms with Crippen molar-refractivity contribution in [2.24, 2.45) is 10.9 Å². The highest BCUT2D eigenvalue weighted by atomic mass is 127. The first-order valence-corrected chi connectivity index (χ1v) is 9.57. The number of nitrogens with zero attached hydrogens (tertiary/aromatic N) is 1. The third-order valence-corrected chi connectivity index (χ3v) is 4.68. The minimum absolute atomic E-state index is 0. The van der Waals surface area contributed by atoms with Crippen LogP contribution >= 0.6 is 24.0 Å². The molecule has 1 aliphatic rings. The van der Waals surface area contributed by atoms with Gasteiger partial charge >= 0.3 is 0 Å². The summed E-state index contributed by atoms with van der Waals surface area (Å²) in [5.41, 5.74) is 2.00. The number of hydrogen-bond acceptors (Lipinski definition) is 2. The summed E-state index contributed by atoms with van der Waals surface area (Å²) in [5.74, 6) is 1.16. The molecular weight excluding hydrogens is 439 g/mol. The molecule has 6 heteroatoms. The third-order valence-electron chi connectivity index (χ3n) is 4.68. The summed E-state index contributed by atoms with van der Waals surface area (Å²) in [6, 6.07) is 8.04. The van der Waals surface area contributed by atoms with E-state index in [2.05, 4.69) is 33.9 Å². The summed E-state index contributed by atoms with van der Waals surface area (Å²) >= 11 is 0. The molecular formula is C20H33IN4O. The molecule has 1 aromatic rings. The van der Waals surface area contributed by atoms with Crippen molar-refractivity contribution in [2.45, 2.75) is 58.4 Å². The van der Waals surface area contributed by atoms with E-state index in [-0.39, 0.29) is 35.8 Å². The van der Waals surface area contributed by atoms with Gasteiger partial charge in [-0.15, -0.1) is 24.0 Å². The molecule has 1 saturated carbocycles. The van der Waals surface area contributed by atoms with Gasteiger partial charge in [0.05, 0.1) is 0 Å². The fraction of sp³-hybridized carbons (Fsp3) is 0.600. The van der Waals surface area contributed by atoms with Gasteiger partial charge in [0.15, 0.2) is 5.96 Å². The number of aliphatic imine (C=N–C) groups is 1. The predicted molar refractivity (Wildman–Crippen MR) is 120 cm³/mol. The van der Waals surface area contributed by atoms with Crippen LogP contribution in [0.25, 0.3) is 0 Å². The van der Waals surface area contributed by atoms with Crippen LogP contribution in [0.2, 0.25) is 0 Å². The minimum atomic E-state index is 0. The lowest BCUT2D eigenvalue weighted by atomic mass is 9.88. The van der Waals surface area contributed by atoms with Crippen LogP contribution in [0.4, 0.5) is 5.69 Å². The van der Waals surface area contributed by atoms with Crippen molar-refractivity contribution < 1.29 is 4.79 Å². The largest absolute Gasteiger partial charge is 0.356 e. The highest BCUT2D eigenvalue weighted by molar-refractivity contribution is 14.0. The molecule has 0 unspecified atom stereocenters. The first-order chi connectivity index (χ1) is 12.2. The van der Waals surface area contributed by atoms with E-state index < -0.39 is 0 Å². The van der Waals surface area contributed by atoms with E-state index in [9.17, 15) is 4.79 Å². The maximum atomic E-state index is 12.4. The summed E-state index contributed by atoms with van der Waals surface area (Å²) in [6.45, 7) is 3.78. The van der Waals surface area contributed by atoms with E-state index >= 15 is 0 Å². The zero-order chi connectivity index (χ0) is 17.9. The van der Waals surface area contributed by atoms with Crippen LogP contribution in [0.3, 0.4) is 0 Å². The van der Waals surface area contributed by atoms with Gasteiger partial charge in [-0.3, -0.25) is 9.79 Å². The lowest BCUT2D eigenvalue weighted by Crippen LogP contribution is -2.37. The maximum absolute atomic E-state index is 12.4. The van der Waals surface area contributed by atoms with Gasteiger partial charge in [-0.05, 0) is 37.0 Å². The van der Waals surface area contributed by atoms with Gasteiger partial charge in [0.2, 0.25) is 5.91 Å². The van der Waals surface area contributed by atoms with Gasteiger partial charge in [-0.1, -0.05) is 44.7 Å². The van der Waals surface area contributed by atoms with Gasteiger partial charge in [0, 0.05) is 31.7 Å². The van der Waals surface area contributed by atoms with E-state index in [4.69, 9.17) is 0 Å². The molecule has 1 aliphatic carbocycles. The van der Waals surface area contributed by atoms with Crippen molar-refractivity contribution in [3.05, 3.63) is 29.8 Å². The highest BCUT2D eigenvalue weighted by Crippen LogP contribution is 2.25. The van der Waals surface area contributed by atoms with Crippen LogP contribution in [-0.4, -0.2) is 25.5 Å². The van der Waals surface area contributed by atoms with E-state index in [0.29, 0.717) is 6.54 Å². The number of amides is 1. The van der Waals surface area contributed by atoms with Gasteiger partial charge in [-0.25, -0.2) is 0 Å². The zero-order valence-corrected chi connectivity index (χ0v) is 18.3. The molecule has 146 valence electrons. The predicted octanol–water partition coefficient (Wildman–Crippen LogP) is 4.29. The standard InChI is InChI=1S/C20H32N4O.HI/c1-3-4-13-22-20(21-2)23-15-16-9-8-12-18(14-16)24-19(25)17-10-6-5-7-11-17;/h8-9,12,14,17H,3-7,10-11,13,15H2,1-2H3,(H,24,25)(H2,21,22,23);1H. The molecule has 0 aromatic heterocycles. The molecule has 0 aliphatic heterocycles. The van der Waals surface area contributed by atoms with E-state index in [1.807, 2.05) is 18.2 Å². The van der Waals surface area contributed by atoms with Crippen molar-refractivity contribution in [2.75, 3.05) is 18.9 Å². The third kappa shape index (κ3) is 7.93. The molecule has 0 radical (unpaired) electrons. The molecule has 5 nitrogen and oxygen atoms in total. The number of nitrogens with one attached hydrogen (secondary N) is 3. The SMILES string of the molecule is CCCCNC(=NC)NCc1cccc(NC(=O)C2CCCCC2)c1.I. The average Bonchev–Trinajstić information content (AvgIpc) is 2.65. The first-order valence-electron chi connectivity index (χ1n) is 9.57. The maximum Gasteiger partial charge on any atom is 0.227 e. The highest BCUT2D eigenvalue weighted by Gasteiger charge is 2.20. The van der Waals surface area contributed by atoms with Crippen LogP contribution in [0.1, 0.15) is 57.4 Å². The van der Waals surface area contributed by atoms with Crippen LogP contribution in [0.5, 0.6) is 0 Å². The number of halogens is 1. The van der Waals surface area contributed by atoms with Crippen LogP contribution in [-0.2, 0) is 11.3 Å². The summed E-state index contributed by atoms with van der Waals surface area (Å²) < 4.78 is 0. The van der Waals surface area contributed by atoms with Gasteiger partial charge in [0.1, 0.15) is 0 Å². The fourth-order valence-electron chi connectivity index (χ4n) is 3.16. The van der Waals surface area contributed by atoms with E-state index in [1.54, 1.807) is 7.05 Å². The molecule has 0 bridgehead atoms. The number of unbranched alkanes of at least 4 members (excludes halogenated alkanes) is 1. The summed E-state index contributed by atoms with van der Waals surface area (Å²) in [4.78, 5) is 16.6. The normalized spacial score (nSPS) is 15.1. The molecule has 1 fully saturated rings. The van der Waals surface area contributed by atoms with Gasteiger partial charge < -0.3 is 16.0 Å². The second-order valence-corrected chi connectivity index (χ2v) is 6.73. The van der Waals surface area contributed by atoms with Crippen LogP contribution < -0.4 is 16.0 Å². The van der Waals surface area contributed by atoms with Crippen molar-refractivity contribution >= 4 is 41.5 Å². The van der Waals surface area contributed by atoms with E-state index in [0.717, 1.165) is 49.4 Å². The summed E-state index contributed by atoms with van der Waals surface area (Å²) in [5, 5.41) is 9.70. The van der Waals surface area contributed by atoms with Gasteiger partial charge in [-0.2, -0.15) is 0 Å². The topological polar surface area (TPSA) is 65.5 Å². The Morgan fingerprint density at radius 3 is 2.65 bits per heavy atom. The quantitative estimate of drug-likeness (QED) is 0.240. The number of carbonyl (C=O) groups is 1. The Kier molecular flexibility index (Phi) is 11.3. The Balaban J connectivity index is 0.00000338. The Labute approximate surface area is 174 Å². The first kappa shape index (κ1) is 22.7. The number of hydrogen-bond donors (Lipinski definition) is 3. The molecule has 1 aromatic carbocycles. The molecule has 0 heterocycles. The Morgan fingerprint density at radius 2 is 1.96 bits per heavy atom. The number of rotatable bonds is 7. The van der Waals surface area contributed by atoms with Crippen molar-refractivity contribution in [3.63, 3.8) is 0 Å². The van der Waals surface area contributed by atoms with Crippen LogP contribution in [0, 0.1) is 5.92 Å². The van der Waals surface area contributed by atoms with Crippen molar-refractivity contribution in [1.82, 2.24) is 10.6 Å². The molecule has 2 rings (SSSR count). The monoisotopic (exact) mass is 472 g/mol. The Hall–Kier alpha value is -1.31. The van der Waals surface area contributed by atoms with Crippen molar-refractivity contribution in [3.8, 4) is 0 Å². The average molecular weight is 472 g/mol. The fourth-order valence-corrected chi connectivity index (χ4v) is 3.16. The molecule has 0 atom stereocenters. The Morgan fingerprint density at radius 1 is 1.19 bits per heavy atom. The molecule has 1 amide bonds. The number of anilines is 1. The van der Waals surface area contributed by atoms with Gasteiger partial charge in [0.25, 0.3) is 0 Å². The molecule has 26 heavy (non-hydrogen) atoms. The number of carbonyl (C=O) groups excluding carboxylic acids is 1. The van der Waals surface area contributed by atoms with E-state index in [1.165, 1.54) is 19.3 Å². The zero-order valence-electron chi connectivity index (χ0n) is 16.0. The lowest BCUT2D eigenvalue weighted by molar-refractivity contribution is -0.120. The van der Waals surface area contributed by atoms with Crippen molar-refractivity contribution in [1.29, 1.82) is 0 Å². The van der Waals surface area contributed by atoms with Crippen LogP contribution in [0.15, 0.2) is 29.3 Å². The lowest BCUT2D eigenvalue weighted by Gasteiger charge is -2.21. The number of guanidine groups is 1. The smallest absolute Gasteiger partial charge is 0.227 e. The summed E-state index contributed by atoms with van der Waals surface area (Å²) in [7, 11) is 1.78. The Bertz CT molecular complexity index is 571. The molecule has 0 saturated heterocycles. The summed E-state index contributed by atoms with van der Waals surface area (Å²) in [6.07, 6.45) is 7.94. The second-order valence-electron chi connectivity index (χ2n) is 6.73. The number of benzene rings is 1. The molecule has 3 N–H and O–H groups in total. The second kappa shape index (κ2) is 12.9.